The van der Waals surface area contributed by atoms with Crippen molar-refractivity contribution >= 4 is 0 Å². The third-order valence-electron chi connectivity index (χ3n) is 5.38. The predicted molar refractivity (Wildman–Crippen MR) is 87.8 cm³/mol. The molecule has 0 amide bonds. The van der Waals surface area contributed by atoms with Crippen LogP contribution in [-0.4, -0.2) is 64.8 Å². The van der Waals surface area contributed by atoms with Gasteiger partial charge in [0.05, 0.1) is 25.2 Å². The number of nitrogens with zero attached hydrogens (tertiary/aromatic N) is 4. The second-order valence-corrected chi connectivity index (χ2v) is 7.05. The van der Waals surface area contributed by atoms with Crippen LogP contribution in [0.1, 0.15) is 37.8 Å². The molecule has 0 spiro atoms. The minimum absolute atomic E-state index is 0.357. The Balaban J connectivity index is 1.67. The van der Waals surface area contributed by atoms with Gasteiger partial charge in [0.15, 0.2) is 0 Å². The van der Waals surface area contributed by atoms with Crippen molar-refractivity contribution in [1.82, 2.24) is 19.4 Å². The number of ether oxygens (including phenoxy) is 1. The Labute approximate surface area is 134 Å². The summed E-state index contributed by atoms with van der Waals surface area (Å²) in [5.41, 5.74) is 1.64. The maximum atomic E-state index is 5.57. The van der Waals surface area contributed by atoms with E-state index in [1.165, 1.54) is 37.8 Å². The van der Waals surface area contributed by atoms with Crippen molar-refractivity contribution in [2.24, 2.45) is 7.05 Å². The molecule has 1 aromatic rings. The van der Waals surface area contributed by atoms with Gasteiger partial charge in [0.1, 0.15) is 0 Å². The summed E-state index contributed by atoms with van der Waals surface area (Å²) < 4.78 is 7.70. The molecule has 1 aliphatic carbocycles. The Hall–Kier alpha value is -0.910. The normalized spacial score (nSPS) is 23.0. The summed E-state index contributed by atoms with van der Waals surface area (Å²) in [5.74, 6) is 0. The molecule has 0 N–H and O–H groups in total. The van der Waals surface area contributed by atoms with Crippen LogP contribution in [0.25, 0.3) is 0 Å². The Morgan fingerprint density at radius 3 is 2.59 bits per heavy atom. The van der Waals surface area contributed by atoms with Gasteiger partial charge in [-0.05, 0) is 19.9 Å². The Bertz CT molecular complexity index is 461. The largest absolute Gasteiger partial charge is 0.379 e. The van der Waals surface area contributed by atoms with E-state index in [0.717, 1.165) is 39.4 Å². The molecule has 0 atom stereocenters. The first-order valence-electron chi connectivity index (χ1n) is 8.66. The van der Waals surface area contributed by atoms with E-state index in [1.807, 2.05) is 12.5 Å². The summed E-state index contributed by atoms with van der Waals surface area (Å²) in [6.07, 6.45) is 10.7. The third-order valence-corrected chi connectivity index (χ3v) is 5.38. The van der Waals surface area contributed by atoms with Crippen molar-refractivity contribution in [3.8, 4) is 0 Å². The van der Waals surface area contributed by atoms with Gasteiger partial charge in [0, 0.05) is 45.0 Å². The van der Waals surface area contributed by atoms with Crippen LogP contribution in [0.5, 0.6) is 0 Å². The molecular formula is C17H30N4O. The summed E-state index contributed by atoms with van der Waals surface area (Å²) in [6.45, 7) is 6.11. The van der Waals surface area contributed by atoms with E-state index in [9.17, 15) is 0 Å². The van der Waals surface area contributed by atoms with Crippen LogP contribution in [0.4, 0.5) is 0 Å². The Morgan fingerprint density at radius 2 is 1.95 bits per heavy atom. The minimum atomic E-state index is 0.357. The van der Waals surface area contributed by atoms with E-state index < -0.39 is 0 Å². The zero-order valence-corrected chi connectivity index (χ0v) is 14.1. The van der Waals surface area contributed by atoms with Crippen LogP contribution in [0.2, 0.25) is 0 Å². The lowest BCUT2D eigenvalue weighted by atomic mass is 9.79. The molecule has 1 aromatic heterocycles. The van der Waals surface area contributed by atoms with Gasteiger partial charge >= 0.3 is 0 Å². The van der Waals surface area contributed by atoms with E-state index in [4.69, 9.17) is 4.74 Å². The molecule has 0 aromatic carbocycles. The highest BCUT2D eigenvalue weighted by Crippen LogP contribution is 2.35. The highest BCUT2D eigenvalue weighted by molar-refractivity contribution is 5.00. The van der Waals surface area contributed by atoms with Crippen LogP contribution in [0, 0.1) is 0 Å². The van der Waals surface area contributed by atoms with Gasteiger partial charge in [0.25, 0.3) is 0 Å². The zero-order valence-electron chi connectivity index (χ0n) is 14.1. The lowest BCUT2D eigenvalue weighted by Crippen LogP contribution is -2.59. The van der Waals surface area contributed by atoms with Gasteiger partial charge in [0.2, 0.25) is 0 Å². The number of hydrogen-bond donors (Lipinski definition) is 0. The molecule has 2 aliphatic rings. The van der Waals surface area contributed by atoms with E-state index in [1.54, 1.807) is 0 Å². The summed E-state index contributed by atoms with van der Waals surface area (Å²) in [7, 11) is 4.33. The smallest absolute Gasteiger partial charge is 0.0945 e. The summed E-state index contributed by atoms with van der Waals surface area (Å²) >= 11 is 0. The number of aromatic nitrogens is 2. The summed E-state index contributed by atoms with van der Waals surface area (Å²) in [4.78, 5) is 9.44. The van der Waals surface area contributed by atoms with Crippen molar-refractivity contribution in [1.29, 1.82) is 0 Å². The lowest BCUT2D eigenvalue weighted by Gasteiger charge is -2.49. The fraction of sp³-hybridized carbons (Fsp3) is 0.824. The molecule has 2 heterocycles. The highest BCUT2D eigenvalue weighted by Gasteiger charge is 2.39. The SMILES string of the molecule is CN(Cc1cncn1C)CC1(N2CCOCC2)CCCCC1. The number of hydrogen-bond acceptors (Lipinski definition) is 4. The monoisotopic (exact) mass is 306 g/mol. The highest BCUT2D eigenvalue weighted by atomic mass is 16.5. The second-order valence-electron chi connectivity index (χ2n) is 7.05. The molecule has 5 heteroatoms. The number of morpholine rings is 1. The van der Waals surface area contributed by atoms with Gasteiger partial charge in [-0.15, -0.1) is 0 Å². The Kier molecular flexibility index (Phi) is 5.16. The van der Waals surface area contributed by atoms with Crippen molar-refractivity contribution in [2.75, 3.05) is 39.9 Å². The van der Waals surface area contributed by atoms with Crippen molar-refractivity contribution < 1.29 is 4.74 Å². The van der Waals surface area contributed by atoms with Crippen LogP contribution >= 0.6 is 0 Å². The van der Waals surface area contributed by atoms with Crippen LogP contribution < -0.4 is 0 Å². The molecule has 0 bridgehead atoms. The first-order chi connectivity index (χ1) is 10.7. The van der Waals surface area contributed by atoms with Crippen LogP contribution in [-0.2, 0) is 18.3 Å². The topological polar surface area (TPSA) is 33.5 Å². The molecule has 3 rings (SSSR count). The molecule has 124 valence electrons. The van der Waals surface area contributed by atoms with Crippen molar-refractivity contribution in [3.63, 3.8) is 0 Å². The fourth-order valence-electron chi connectivity index (χ4n) is 4.19. The van der Waals surface area contributed by atoms with Gasteiger partial charge in [-0.3, -0.25) is 9.80 Å². The maximum absolute atomic E-state index is 5.57. The second kappa shape index (κ2) is 7.11. The Morgan fingerprint density at radius 1 is 1.23 bits per heavy atom. The number of aryl methyl sites for hydroxylation is 1. The minimum Gasteiger partial charge on any atom is -0.379 e. The van der Waals surface area contributed by atoms with Gasteiger partial charge in [-0.2, -0.15) is 0 Å². The van der Waals surface area contributed by atoms with Crippen LogP contribution in [0.3, 0.4) is 0 Å². The van der Waals surface area contributed by atoms with Crippen molar-refractivity contribution in [2.45, 2.75) is 44.2 Å². The standard InChI is InChI=1S/C17H30N4O/c1-19(13-16-12-18-15-20(16)2)14-17(6-4-3-5-7-17)21-8-10-22-11-9-21/h12,15H,3-11,13-14H2,1-2H3. The average Bonchev–Trinajstić information content (AvgIpc) is 2.94. The van der Waals surface area contributed by atoms with E-state index in [2.05, 4.69) is 33.4 Å². The third kappa shape index (κ3) is 3.53. The fourth-order valence-corrected chi connectivity index (χ4v) is 4.19. The summed E-state index contributed by atoms with van der Waals surface area (Å²) in [6, 6.07) is 0. The molecule has 1 aliphatic heterocycles. The molecule has 0 unspecified atom stereocenters. The molecule has 0 radical (unpaired) electrons. The lowest BCUT2D eigenvalue weighted by molar-refractivity contribution is -0.0492. The molecule has 22 heavy (non-hydrogen) atoms. The molecule has 2 fully saturated rings. The van der Waals surface area contributed by atoms with E-state index in [0.29, 0.717) is 5.54 Å². The first-order valence-corrected chi connectivity index (χ1v) is 8.66. The quantitative estimate of drug-likeness (QED) is 0.832. The average molecular weight is 306 g/mol. The van der Waals surface area contributed by atoms with Crippen LogP contribution in [0.15, 0.2) is 12.5 Å². The van der Waals surface area contributed by atoms with Gasteiger partial charge < -0.3 is 9.30 Å². The molecule has 5 nitrogen and oxygen atoms in total. The molecular weight excluding hydrogens is 276 g/mol. The number of likely N-dealkylation sites (N-methyl/N-ethyl adjacent to an activating group) is 1. The molecule has 1 saturated carbocycles. The predicted octanol–water partition coefficient (Wildman–Crippen LogP) is 1.89. The maximum Gasteiger partial charge on any atom is 0.0945 e. The van der Waals surface area contributed by atoms with Gasteiger partial charge in [-0.25, -0.2) is 4.98 Å². The van der Waals surface area contributed by atoms with Gasteiger partial charge in [-0.1, -0.05) is 19.3 Å². The molecule has 1 saturated heterocycles. The van der Waals surface area contributed by atoms with Crippen molar-refractivity contribution in [3.05, 3.63) is 18.2 Å². The van der Waals surface area contributed by atoms with E-state index in [-0.39, 0.29) is 0 Å². The summed E-state index contributed by atoms with van der Waals surface area (Å²) in [5, 5.41) is 0. The number of imidazole rings is 1. The first kappa shape index (κ1) is 16.0. The zero-order chi connectivity index (χ0) is 15.4. The van der Waals surface area contributed by atoms with E-state index >= 15 is 0 Å². The number of rotatable bonds is 5.